The summed E-state index contributed by atoms with van der Waals surface area (Å²) < 4.78 is 16.8. The van der Waals surface area contributed by atoms with Crippen molar-refractivity contribution in [3.63, 3.8) is 0 Å². The first-order chi connectivity index (χ1) is 33.0. The van der Waals surface area contributed by atoms with Gasteiger partial charge in [0.1, 0.15) is 13.2 Å². The van der Waals surface area contributed by atoms with E-state index in [-0.39, 0.29) is 37.5 Å². The normalized spacial score (nSPS) is 12.6. The lowest BCUT2D eigenvalue weighted by Crippen LogP contribution is -2.30. The molecular formula is C61H106O6. The highest BCUT2D eigenvalue weighted by molar-refractivity contribution is 5.71. The quantitative estimate of drug-likeness (QED) is 0.0262. The summed E-state index contributed by atoms with van der Waals surface area (Å²) in [5, 5.41) is 0. The van der Waals surface area contributed by atoms with Crippen molar-refractivity contribution in [3.8, 4) is 0 Å². The largest absolute Gasteiger partial charge is 0.462 e. The van der Waals surface area contributed by atoms with Gasteiger partial charge in [-0.1, -0.05) is 241 Å². The molecule has 0 aromatic rings. The lowest BCUT2D eigenvalue weighted by atomic mass is 10.0. The summed E-state index contributed by atoms with van der Waals surface area (Å²) in [6.07, 6.45) is 70.3. The second-order valence-corrected chi connectivity index (χ2v) is 18.8. The monoisotopic (exact) mass is 935 g/mol. The van der Waals surface area contributed by atoms with Crippen LogP contribution in [0.15, 0.2) is 72.9 Å². The van der Waals surface area contributed by atoms with Gasteiger partial charge < -0.3 is 14.2 Å². The zero-order chi connectivity index (χ0) is 48.6. The molecule has 6 heteroatoms. The minimum Gasteiger partial charge on any atom is -0.462 e. The molecule has 0 aliphatic carbocycles. The molecule has 0 unspecified atom stereocenters. The summed E-state index contributed by atoms with van der Waals surface area (Å²) in [5.41, 5.74) is 0. The molecule has 0 aliphatic rings. The van der Waals surface area contributed by atoms with Crippen molar-refractivity contribution < 1.29 is 28.6 Å². The van der Waals surface area contributed by atoms with Crippen LogP contribution in [0.2, 0.25) is 0 Å². The van der Waals surface area contributed by atoms with Gasteiger partial charge in [-0.3, -0.25) is 14.4 Å². The van der Waals surface area contributed by atoms with Gasteiger partial charge in [-0.2, -0.15) is 0 Å². The molecule has 67 heavy (non-hydrogen) atoms. The van der Waals surface area contributed by atoms with E-state index in [9.17, 15) is 14.4 Å². The van der Waals surface area contributed by atoms with E-state index < -0.39 is 6.10 Å². The van der Waals surface area contributed by atoms with E-state index in [0.717, 1.165) is 89.9 Å². The second kappa shape index (κ2) is 55.4. The Hall–Kier alpha value is -3.15. The van der Waals surface area contributed by atoms with E-state index in [1.54, 1.807) is 0 Å². The van der Waals surface area contributed by atoms with Crippen molar-refractivity contribution in [1.29, 1.82) is 0 Å². The smallest absolute Gasteiger partial charge is 0.306 e. The first kappa shape index (κ1) is 63.8. The predicted molar refractivity (Wildman–Crippen MR) is 288 cm³/mol. The minimum atomic E-state index is -0.803. The van der Waals surface area contributed by atoms with Gasteiger partial charge in [0.15, 0.2) is 6.10 Å². The van der Waals surface area contributed by atoms with Crippen LogP contribution in [0, 0.1) is 0 Å². The molecule has 1 atom stereocenters. The number of carbonyl (C=O) groups excluding carboxylic acids is 3. The van der Waals surface area contributed by atoms with E-state index in [0.29, 0.717) is 19.3 Å². The minimum absolute atomic E-state index is 0.0960. The Kier molecular flexibility index (Phi) is 52.8. The maximum atomic E-state index is 12.8. The molecule has 386 valence electrons. The maximum absolute atomic E-state index is 12.8. The van der Waals surface area contributed by atoms with Crippen molar-refractivity contribution in [1.82, 2.24) is 0 Å². The van der Waals surface area contributed by atoms with Crippen LogP contribution in [0.5, 0.6) is 0 Å². The molecule has 0 fully saturated rings. The lowest BCUT2D eigenvalue weighted by molar-refractivity contribution is -0.167. The standard InChI is InChI=1S/C61H106O6/c1-4-7-10-13-16-19-22-25-28-30-33-35-38-41-44-47-50-53-59(62)65-56-58(67-61(64)55-52-49-46-43-40-37-32-27-24-21-18-15-12-9-6-3)57-66-60(63)54-51-48-45-42-39-36-34-31-29-26-23-20-17-14-11-8-5-2/h16,18-19,21,25,27-28,32-33,35,41,44,58H,4-15,17,20,22-24,26,29-31,34,36-40,42-43,45-57H2,1-3H3/b19-16-,21-18-,28-25-,32-27-,35-33-,44-41-/t58-/m1/s1. The van der Waals surface area contributed by atoms with Crippen LogP contribution in [0.1, 0.15) is 278 Å². The summed E-state index contributed by atoms with van der Waals surface area (Å²) in [6.45, 7) is 6.55. The molecule has 0 aromatic carbocycles. The van der Waals surface area contributed by atoms with Crippen LogP contribution in [0.4, 0.5) is 0 Å². The van der Waals surface area contributed by atoms with E-state index in [2.05, 4.69) is 93.7 Å². The third-order valence-electron chi connectivity index (χ3n) is 12.2. The highest BCUT2D eigenvalue weighted by Crippen LogP contribution is 2.16. The number of unbranched alkanes of at least 4 members (excludes halogenated alkanes) is 28. The third kappa shape index (κ3) is 53.7. The van der Waals surface area contributed by atoms with Crippen LogP contribution in [-0.4, -0.2) is 37.2 Å². The Balaban J connectivity index is 4.46. The van der Waals surface area contributed by atoms with E-state index >= 15 is 0 Å². The number of hydrogen-bond donors (Lipinski definition) is 0. The molecule has 0 saturated heterocycles. The first-order valence-electron chi connectivity index (χ1n) is 28.4. The Bertz CT molecular complexity index is 1260. The molecule has 0 radical (unpaired) electrons. The summed E-state index contributed by atoms with van der Waals surface area (Å²) >= 11 is 0. The van der Waals surface area contributed by atoms with Crippen molar-refractivity contribution >= 4 is 17.9 Å². The number of esters is 3. The zero-order valence-electron chi connectivity index (χ0n) is 44.2. The van der Waals surface area contributed by atoms with Gasteiger partial charge in [-0.25, -0.2) is 0 Å². The SMILES string of the molecule is CCCCC/C=C\C/C=C\C/C=C\C/C=C\CCCC(=O)OC[C@H](COC(=O)CCCCCCCCCCCCCCCCCCC)OC(=O)CCCCCCC/C=C\C/C=C\CCCCC. The van der Waals surface area contributed by atoms with E-state index in [1.165, 1.54) is 141 Å². The number of ether oxygens (including phenoxy) is 3. The van der Waals surface area contributed by atoms with Crippen molar-refractivity contribution in [2.75, 3.05) is 13.2 Å². The number of allylic oxidation sites excluding steroid dienone is 12. The molecule has 6 nitrogen and oxygen atoms in total. The fourth-order valence-corrected chi connectivity index (χ4v) is 7.88. The topological polar surface area (TPSA) is 78.9 Å². The Labute approximate surface area is 414 Å². The maximum Gasteiger partial charge on any atom is 0.306 e. The fraction of sp³-hybridized carbons (Fsp3) is 0.754. The molecule has 0 aliphatic heterocycles. The van der Waals surface area contributed by atoms with Crippen molar-refractivity contribution in [2.24, 2.45) is 0 Å². The van der Waals surface area contributed by atoms with Crippen LogP contribution in [-0.2, 0) is 28.6 Å². The molecule has 0 saturated carbocycles. The van der Waals surface area contributed by atoms with E-state index in [4.69, 9.17) is 14.2 Å². The number of hydrogen-bond acceptors (Lipinski definition) is 6. The molecular weight excluding hydrogens is 829 g/mol. The van der Waals surface area contributed by atoms with Crippen LogP contribution in [0.3, 0.4) is 0 Å². The highest BCUT2D eigenvalue weighted by atomic mass is 16.6. The molecule has 0 N–H and O–H groups in total. The Morgan fingerprint density at radius 1 is 0.299 bits per heavy atom. The average molecular weight is 936 g/mol. The van der Waals surface area contributed by atoms with E-state index in [1.807, 2.05) is 0 Å². The summed E-state index contributed by atoms with van der Waals surface area (Å²) in [5.74, 6) is -0.960. The highest BCUT2D eigenvalue weighted by Gasteiger charge is 2.19. The Morgan fingerprint density at radius 3 is 0.925 bits per heavy atom. The summed E-state index contributed by atoms with van der Waals surface area (Å²) in [6, 6.07) is 0. The van der Waals surface area contributed by atoms with Crippen molar-refractivity contribution in [2.45, 2.75) is 284 Å². The van der Waals surface area contributed by atoms with Crippen molar-refractivity contribution in [3.05, 3.63) is 72.9 Å². The van der Waals surface area contributed by atoms with Gasteiger partial charge in [0.25, 0.3) is 0 Å². The zero-order valence-corrected chi connectivity index (χ0v) is 44.2. The third-order valence-corrected chi connectivity index (χ3v) is 12.2. The molecule has 0 bridgehead atoms. The Morgan fingerprint density at radius 2 is 0.552 bits per heavy atom. The van der Waals surface area contributed by atoms with Gasteiger partial charge in [0.05, 0.1) is 0 Å². The summed E-state index contributed by atoms with van der Waals surface area (Å²) in [7, 11) is 0. The predicted octanol–water partition coefficient (Wildman–Crippen LogP) is 19.0. The van der Waals surface area contributed by atoms with Gasteiger partial charge in [0.2, 0.25) is 0 Å². The first-order valence-corrected chi connectivity index (χ1v) is 28.4. The van der Waals surface area contributed by atoms with Gasteiger partial charge in [-0.05, 0) is 89.9 Å². The van der Waals surface area contributed by atoms with Gasteiger partial charge in [-0.15, -0.1) is 0 Å². The van der Waals surface area contributed by atoms with Crippen LogP contribution >= 0.6 is 0 Å². The molecule has 0 amide bonds. The van der Waals surface area contributed by atoms with Crippen LogP contribution < -0.4 is 0 Å². The van der Waals surface area contributed by atoms with Crippen LogP contribution in [0.25, 0.3) is 0 Å². The average Bonchev–Trinajstić information content (AvgIpc) is 3.33. The molecule has 0 heterocycles. The van der Waals surface area contributed by atoms with Gasteiger partial charge in [0, 0.05) is 19.3 Å². The summed E-state index contributed by atoms with van der Waals surface area (Å²) in [4.78, 5) is 38.1. The second-order valence-electron chi connectivity index (χ2n) is 18.8. The van der Waals surface area contributed by atoms with Gasteiger partial charge >= 0.3 is 17.9 Å². The lowest BCUT2D eigenvalue weighted by Gasteiger charge is -2.18. The molecule has 0 rings (SSSR count). The molecule has 0 aromatic heterocycles. The number of carbonyl (C=O) groups is 3. The fourth-order valence-electron chi connectivity index (χ4n) is 7.88. The number of rotatable bonds is 51. The molecule has 0 spiro atoms.